The lowest BCUT2D eigenvalue weighted by Gasteiger charge is -2.17. The summed E-state index contributed by atoms with van der Waals surface area (Å²) < 4.78 is 5.24. The Morgan fingerprint density at radius 1 is 1.47 bits per heavy atom. The van der Waals surface area contributed by atoms with E-state index in [1.807, 2.05) is 31.2 Å². The van der Waals surface area contributed by atoms with Crippen molar-refractivity contribution in [3.05, 3.63) is 34.9 Å². The minimum absolute atomic E-state index is 0.0157. The van der Waals surface area contributed by atoms with Crippen LogP contribution in [0.3, 0.4) is 0 Å². The number of amides is 1. The van der Waals surface area contributed by atoms with Crippen LogP contribution in [-0.4, -0.2) is 31.7 Å². The molecule has 1 aromatic rings. The fourth-order valence-corrected chi connectivity index (χ4v) is 2.36. The average Bonchev–Trinajstić information content (AvgIpc) is 2.88. The number of carbonyl (C=O) groups excluding carboxylic acids is 1. The zero-order chi connectivity index (χ0) is 13.8. The van der Waals surface area contributed by atoms with Gasteiger partial charge >= 0.3 is 0 Å². The molecule has 0 aromatic heterocycles. The maximum absolute atomic E-state index is 12.1. The van der Waals surface area contributed by atoms with Crippen molar-refractivity contribution in [2.45, 2.75) is 31.5 Å². The molecular formula is C14H19ClN2O2. The molecule has 5 heteroatoms. The van der Waals surface area contributed by atoms with Crippen molar-refractivity contribution in [1.29, 1.82) is 0 Å². The maximum atomic E-state index is 12.1. The lowest BCUT2D eigenvalue weighted by Crippen LogP contribution is -2.41. The SMILES string of the molecule is COC1CNC(C(=O)NC(C)c2ccc(Cl)cc2)C1. The summed E-state index contributed by atoms with van der Waals surface area (Å²) >= 11 is 5.85. The Balaban J connectivity index is 1.90. The molecule has 3 atom stereocenters. The number of carbonyl (C=O) groups is 1. The van der Waals surface area contributed by atoms with E-state index < -0.39 is 0 Å². The van der Waals surface area contributed by atoms with Crippen molar-refractivity contribution in [3.8, 4) is 0 Å². The van der Waals surface area contributed by atoms with Gasteiger partial charge in [-0.25, -0.2) is 0 Å². The molecule has 104 valence electrons. The highest BCUT2D eigenvalue weighted by Gasteiger charge is 2.29. The Labute approximate surface area is 118 Å². The summed E-state index contributed by atoms with van der Waals surface area (Å²) in [6.45, 7) is 2.69. The van der Waals surface area contributed by atoms with Crippen molar-refractivity contribution in [3.63, 3.8) is 0 Å². The fourth-order valence-electron chi connectivity index (χ4n) is 2.23. The van der Waals surface area contributed by atoms with Gasteiger partial charge in [-0.1, -0.05) is 23.7 Å². The van der Waals surface area contributed by atoms with E-state index in [2.05, 4.69) is 10.6 Å². The summed E-state index contributed by atoms with van der Waals surface area (Å²) in [7, 11) is 1.67. The first kappa shape index (κ1) is 14.3. The van der Waals surface area contributed by atoms with E-state index in [0.717, 1.165) is 18.5 Å². The van der Waals surface area contributed by atoms with Crippen LogP contribution in [0.4, 0.5) is 0 Å². The van der Waals surface area contributed by atoms with Gasteiger partial charge in [0.05, 0.1) is 18.2 Å². The summed E-state index contributed by atoms with van der Waals surface area (Å²) in [6, 6.07) is 7.30. The Morgan fingerprint density at radius 3 is 2.74 bits per heavy atom. The molecule has 0 radical (unpaired) electrons. The number of benzene rings is 1. The third kappa shape index (κ3) is 3.69. The van der Waals surface area contributed by atoms with Gasteiger partial charge in [0.15, 0.2) is 0 Å². The molecule has 1 heterocycles. The van der Waals surface area contributed by atoms with E-state index in [1.54, 1.807) is 7.11 Å². The lowest BCUT2D eigenvalue weighted by atomic mass is 10.1. The van der Waals surface area contributed by atoms with E-state index in [4.69, 9.17) is 16.3 Å². The number of methoxy groups -OCH3 is 1. The van der Waals surface area contributed by atoms with Gasteiger partial charge in [0.25, 0.3) is 0 Å². The molecule has 1 aliphatic rings. The molecule has 1 aromatic carbocycles. The van der Waals surface area contributed by atoms with E-state index in [9.17, 15) is 4.79 Å². The largest absolute Gasteiger partial charge is 0.380 e. The Kier molecular flexibility index (Phi) is 4.80. The van der Waals surface area contributed by atoms with Crippen LogP contribution >= 0.6 is 11.6 Å². The van der Waals surface area contributed by atoms with Crippen LogP contribution in [0.5, 0.6) is 0 Å². The molecule has 1 saturated heterocycles. The number of hydrogen-bond donors (Lipinski definition) is 2. The molecule has 1 fully saturated rings. The first-order valence-electron chi connectivity index (χ1n) is 6.42. The number of halogens is 1. The van der Waals surface area contributed by atoms with Crippen molar-refractivity contribution in [1.82, 2.24) is 10.6 Å². The maximum Gasteiger partial charge on any atom is 0.237 e. The van der Waals surface area contributed by atoms with Gasteiger partial charge in [-0.3, -0.25) is 4.79 Å². The Hall–Kier alpha value is -1.10. The van der Waals surface area contributed by atoms with Crippen LogP contribution in [0.25, 0.3) is 0 Å². The topological polar surface area (TPSA) is 50.4 Å². The second-order valence-corrected chi connectivity index (χ2v) is 5.27. The highest BCUT2D eigenvalue weighted by Crippen LogP contribution is 2.17. The van der Waals surface area contributed by atoms with Gasteiger partial charge in [0, 0.05) is 18.7 Å². The molecule has 2 N–H and O–H groups in total. The number of rotatable bonds is 4. The molecular weight excluding hydrogens is 264 g/mol. The molecule has 3 unspecified atom stereocenters. The summed E-state index contributed by atoms with van der Waals surface area (Å²) in [5.41, 5.74) is 1.04. The average molecular weight is 283 g/mol. The van der Waals surface area contributed by atoms with E-state index in [1.165, 1.54) is 0 Å². The van der Waals surface area contributed by atoms with E-state index in [-0.39, 0.29) is 24.1 Å². The number of nitrogens with one attached hydrogen (secondary N) is 2. The van der Waals surface area contributed by atoms with Gasteiger partial charge in [0.2, 0.25) is 5.91 Å². The van der Waals surface area contributed by atoms with Crippen LogP contribution in [0.15, 0.2) is 24.3 Å². The molecule has 0 aliphatic carbocycles. The monoisotopic (exact) mass is 282 g/mol. The van der Waals surface area contributed by atoms with Crippen LogP contribution in [0, 0.1) is 0 Å². The van der Waals surface area contributed by atoms with Gasteiger partial charge in [-0.05, 0) is 31.0 Å². The molecule has 1 aliphatic heterocycles. The lowest BCUT2D eigenvalue weighted by molar-refractivity contribution is -0.123. The first-order chi connectivity index (χ1) is 9.10. The predicted octanol–water partition coefficient (Wildman–Crippen LogP) is 1.89. The molecule has 0 bridgehead atoms. The minimum atomic E-state index is -0.167. The Bertz CT molecular complexity index is 436. The van der Waals surface area contributed by atoms with Crippen LogP contribution in [-0.2, 0) is 9.53 Å². The van der Waals surface area contributed by atoms with Crippen molar-refractivity contribution >= 4 is 17.5 Å². The van der Waals surface area contributed by atoms with Crippen molar-refractivity contribution in [2.75, 3.05) is 13.7 Å². The van der Waals surface area contributed by atoms with Gasteiger partial charge < -0.3 is 15.4 Å². The van der Waals surface area contributed by atoms with E-state index in [0.29, 0.717) is 5.02 Å². The highest BCUT2D eigenvalue weighted by molar-refractivity contribution is 6.30. The van der Waals surface area contributed by atoms with Crippen LogP contribution < -0.4 is 10.6 Å². The molecule has 2 rings (SSSR count). The minimum Gasteiger partial charge on any atom is -0.380 e. The van der Waals surface area contributed by atoms with Crippen molar-refractivity contribution < 1.29 is 9.53 Å². The highest BCUT2D eigenvalue weighted by atomic mass is 35.5. The quantitative estimate of drug-likeness (QED) is 0.887. The fraction of sp³-hybridized carbons (Fsp3) is 0.500. The molecule has 1 amide bonds. The summed E-state index contributed by atoms with van der Waals surface area (Å²) in [5, 5.41) is 6.86. The Morgan fingerprint density at radius 2 is 2.16 bits per heavy atom. The summed E-state index contributed by atoms with van der Waals surface area (Å²) in [4.78, 5) is 12.1. The zero-order valence-electron chi connectivity index (χ0n) is 11.2. The molecule has 4 nitrogen and oxygen atoms in total. The van der Waals surface area contributed by atoms with Gasteiger partial charge in [-0.15, -0.1) is 0 Å². The summed E-state index contributed by atoms with van der Waals surface area (Å²) in [6.07, 6.45) is 0.844. The molecule has 0 spiro atoms. The first-order valence-corrected chi connectivity index (χ1v) is 6.80. The van der Waals surface area contributed by atoms with Gasteiger partial charge in [-0.2, -0.15) is 0 Å². The second-order valence-electron chi connectivity index (χ2n) is 4.84. The summed E-state index contributed by atoms with van der Waals surface area (Å²) in [5.74, 6) is 0.0157. The van der Waals surface area contributed by atoms with Crippen molar-refractivity contribution in [2.24, 2.45) is 0 Å². The number of hydrogen-bond acceptors (Lipinski definition) is 3. The van der Waals surface area contributed by atoms with Crippen LogP contribution in [0.1, 0.15) is 24.9 Å². The molecule has 0 saturated carbocycles. The predicted molar refractivity (Wildman–Crippen MR) is 75.2 cm³/mol. The van der Waals surface area contributed by atoms with E-state index >= 15 is 0 Å². The number of ether oxygens (including phenoxy) is 1. The molecule has 19 heavy (non-hydrogen) atoms. The van der Waals surface area contributed by atoms with Gasteiger partial charge in [0.1, 0.15) is 0 Å². The van der Waals surface area contributed by atoms with Crippen LogP contribution in [0.2, 0.25) is 5.02 Å². The third-order valence-corrected chi connectivity index (χ3v) is 3.72. The second kappa shape index (κ2) is 6.37. The standard InChI is InChI=1S/C14H19ClN2O2/c1-9(10-3-5-11(15)6-4-10)17-14(18)13-7-12(19-2)8-16-13/h3-6,9,12-13,16H,7-8H2,1-2H3,(H,17,18). The smallest absolute Gasteiger partial charge is 0.237 e. The third-order valence-electron chi connectivity index (χ3n) is 3.47. The normalized spacial score (nSPS) is 24.2. The zero-order valence-corrected chi connectivity index (χ0v) is 11.9.